The molecule has 2 aromatic heterocycles. The maximum Gasteiger partial charge on any atom is 0.253 e. The number of nitrogens with zero attached hydrogens (tertiary/aromatic N) is 4. The van der Waals surface area contributed by atoms with Gasteiger partial charge in [0.05, 0.1) is 21.1 Å². The van der Waals surface area contributed by atoms with Crippen LogP contribution in [0.5, 0.6) is 0 Å². The van der Waals surface area contributed by atoms with Crippen LogP contribution in [0.1, 0.15) is 52.2 Å². The highest BCUT2D eigenvalue weighted by Crippen LogP contribution is 2.30. The maximum atomic E-state index is 13.1. The van der Waals surface area contributed by atoms with E-state index in [4.69, 9.17) is 28.2 Å². The summed E-state index contributed by atoms with van der Waals surface area (Å²) in [6.45, 7) is 3.53. The van der Waals surface area contributed by atoms with E-state index < -0.39 is 0 Å². The number of H-pyrrole nitrogens is 1. The number of piperidine rings is 1. The largest absolute Gasteiger partial charge is 0.353 e. The van der Waals surface area contributed by atoms with Crippen LogP contribution >= 0.6 is 23.2 Å². The number of benzene rings is 3. The van der Waals surface area contributed by atoms with Crippen LogP contribution in [0.3, 0.4) is 0 Å². The molecular weight excluding hydrogens is 603 g/mol. The molecular formula is C36H38Cl2N6O. The Bertz CT molecular complexity index is 1720. The summed E-state index contributed by atoms with van der Waals surface area (Å²) in [5.41, 5.74) is 6.27. The molecule has 232 valence electrons. The molecule has 1 unspecified atom stereocenters. The molecule has 1 fully saturated rings. The molecule has 1 aliphatic heterocycles. The number of aromatic nitrogens is 3. The van der Waals surface area contributed by atoms with E-state index in [1.807, 2.05) is 85.0 Å². The first-order valence-corrected chi connectivity index (χ1v) is 16.3. The number of carbonyl (C=O) groups is 1. The molecule has 1 aliphatic rings. The predicted octanol–water partition coefficient (Wildman–Crippen LogP) is 7.68. The van der Waals surface area contributed by atoms with Crippen LogP contribution in [0, 0.1) is 0 Å². The van der Waals surface area contributed by atoms with Crippen LogP contribution in [0.4, 0.5) is 5.95 Å². The van der Waals surface area contributed by atoms with Gasteiger partial charge in [-0.2, -0.15) is 0 Å². The standard InChI is InChI=1S/C36H38Cl2N6O/c1-43(35(45)26-6-3-2-4-7-26)24-29(27-10-11-31(37)32(38)23-27)14-19-44-20-15-30(16-21-44)40-36-41-33-9-5-8-28(34(33)42-36)22-25-12-17-39-18-13-25/h2-13,17-18,23,29-30H,14-16,19-22,24H2,1H3,(H2,40,41,42). The monoisotopic (exact) mass is 640 g/mol. The van der Waals surface area contributed by atoms with Crippen LogP contribution in [-0.4, -0.2) is 69.9 Å². The SMILES string of the molecule is CN(CC(CCN1CCC(Nc2nc3c(Cc4ccncc4)cccc3[nH]2)CC1)c1ccc(Cl)c(Cl)c1)C(=O)c1ccccc1. The Hall–Kier alpha value is -3.91. The molecule has 2 N–H and O–H groups in total. The number of aromatic amines is 1. The lowest BCUT2D eigenvalue weighted by molar-refractivity contribution is 0.0782. The van der Waals surface area contributed by atoms with E-state index >= 15 is 0 Å². The number of likely N-dealkylation sites (tertiary alicyclic amines) is 1. The van der Waals surface area contributed by atoms with E-state index in [1.165, 1.54) is 11.1 Å². The predicted molar refractivity (Wildman–Crippen MR) is 183 cm³/mol. The third kappa shape index (κ3) is 7.85. The highest BCUT2D eigenvalue weighted by Gasteiger charge is 2.24. The Morgan fingerprint density at radius 1 is 1.00 bits per heavy atom. The number of carbonyl (C=O) groups excluding carboxylic acids is 1. The number of anilines is 1. The minimum Gasteiger partial charge on any atom is -0.353 e. The number of likely N-dealkylation sites (N-methyl/N-ethyl adjacent to an activating group) is 1. The van der Waals surface area contributed by atoms with E-state index in [9.17, 15) is 4.79 Å². The Morgan fingerprint density at radius 3 is 2.53 bits per heavy atom. The summed E-state index contributed by atoms with van der Waals surface area (Å²) in [6, 6.07) is 26.0. The molecule has 3 heterocycles. The first kappa shape index (κ1) is 31.1. The molecule has 0 saturated carbocycles. The van der Waals surface area contributed by atoms with Gasteiger partial charge in [-0.3, -0.25) is 9.78 Å². The molecule has 1 atom stereocenters. The zero-order chi connectivity index (χ0) is 31.2. The second-order valence-electron chi connectivity index (χ2n) is 11.9. The van der Waals surface area contributed by atoms with Crippen molar-refractivity contribution in [2.45, 2.75) is 37.6 Å². The fourth-order valence-corrected chi connectivity index (χ4v) is 6.51. The molecule has 3 aromatic carbocycles. The normalized spacial score (nSPS) is 14.8. The zero-order valence-corrected chi connectivity index (χ0v) is 26.9. The fourth-order valence-electron chi connectivity index (χ4n) is 6.20. The lowest BCUT2D eigenvalue weighted by Gasteiger charge is -2.34. The van der Waals surface area contributed by atoms with Gasteiger partial charge in [0.2, 0.25) is 5.95 Å². The highest BCUT2D eigenvalue weighted by atomic mass is 35.5. The molecule has 0 bridgehead atoms. The average Bonchev–Trinajstić information content (AvgIpc) is 3.49. The maximum absolute atomic E-state index is 13.1. The van der Waals surface area contributed by atoms with Crippen LogP contribution in [0.25, 0.3) is 11.0 Å². The van der Waals surface area contributed by atoms with E-state index in [0.29, 0.717) is 28.2 Å². The number of amides is 1. The minimum absolute atomic E-state index is 0.0163. The molecule has 1 saturated heterocycles. The Morgan fingerprint density at radius 2 is 1.78 bits per heavy atom. The summed E-state index contributed by atoms with van der Waals surface area (Å²) in [7, 11) is 1.87. The van der Waals surface area contributed by atoms with Gasteiger partial charge in [0.1, 0.15) is 0 Å². The highest BCUT2D eigenvalue weighted by molar-refractivity contribution is 6.42. The third-order valence-electron chi connectivity index (χ3n) is 8.74. The molecule has 0 spiro atoms. The van der Waals surface area contributed by atoms with Crippen LogP contribution in [0.15, 0.2) is 91.3 Å². The zero-order valence-electron chi connectivity index (χ0n) is 25.4. The summed E-state index contributed by atoms with van der Waals surface area (Å²) in [4.78, 5) is 30.0. The van der Waals surface area contributed by atoms with Gasteiger partial charge in [-0.1, -0.05) is 59.6 Å². The number of para-hydroxylation sites is 1. The summed E-state index contributed by atoms with van der Waals surface area (Å²) in [5, 5.41) is 4.74. The van der Waals surface area contributed by atoms with Crippen molar-refractivity contribution in [1.29, 1.82) is 0 Å². The van der Waals surface area contributed by atoms with Crippen LogP contribution in [-0.2, 0) is 6.42 Å². The van der Waals surface area contributed by atoms with Crippen molar-refractivity contribution in [2.75, 3.05) is 38.5 Å². The van der Waals surface area contributed by atoms with Gasteiger partial charge in [-0.15, -0.1) is 0 Å². The topological polar surface area (TPSA) is 77.2 Å². The number of nitrogens with one attached hydrogen (secondary N) is 2. The van der Waals surface area contributed by atoms with Crippen molar-refractivity contribution < 1.29 is 4.79 Å². The summed E-state index contributed by atoms with van der Waals surface area (Å²) < 4.78 is 0. The van der Waals surface area contributed by atoms with Crippen molar-refractivity contribution in [3.05, 3.63) is 124 Å². The third-order valence-corrected chi connectivity index (χ3v) is 9.48. The van der Waals surface area contributed by atoms with Gasteiger partial charge >= 0.3 is 0 Å². The molecule has 0 aliphatic carbocycles. The number of hydrogen-bond acceptors (Lipinski definition) is 5. The first-order valence-electron chi connectivity index (χ1n) is 15.5. The van der Waals surface area contributed by atoms with Gasteiger partial charge in [-0.25, -0.2) is 4.98 Å². The summed E-state index contributed by atoms with van der Waals surface area (Å²) in [6.07, 6.45) is 7.46. The molecule has 1 amide bonds. The molecule has 0 radical (unpaired) electrons. The van der Waals surface area contributed by atoms with Gasteiger partial charge in [0, 0.05) is 56.6 Å². The Balaban J connectivity index is 1.05. The van der Waals surface area contributed by atoms with Crippen LogP contribution in [0.2, 0.25) is 10.0 Å². The summed E-state index contributed by atoms with van der Waals surface area (Å²) >= 11 is 12.7. The van der Waals surface area contributed by atoms with E-state index in [0.717, 1.165) is 67.9 Å². The molecule has 7 nitrogen and oxygen atoms in total. The number of rotatable bonds is 11. The number of pyridine rings is 1. The van der Waals surface area contributed by atoms with E-state index in [-0.39, 0.29) is 11.8 Å². The van der Waals surface area contributed by atoms with Crippen molar-refractivity contribution in [2.24, 2.45) is 0 Å². The van der Waals surface area contributed by atoms with Gasteiger partial charge in [0.15, 0.2) is 0 Å². The number of fused-ring (bicyclic) bond motifs is 1. The molecule has 9 heteroatoms. The number of imidazole rings is 1. The number of hydrogen-bond donors (Lipinski definition) is 2. The van der Waals surface area contributed by atoms with E-state index in [1.54, 1.807) is 0 Å². The van der Waals surface area contributed by atoms with Crippen molar-refractivity contribution >= 4 is 46.1 Å². The molecule has 45 heavy (non-hydrogen) atoms. The van der Waals surface area contributed by atoms with E-state index in [2.05, 4.69) is 38.4 Å². The minimum atomic E-state index is 0.0163. The quantitative estimate of drug-likeness (QED) is 0.155. The Kier molecular flexibility index (Phi) is 9.99. The van der Waals surface area contributed by atoms with Gasteiger partial charge < -0.3 is 20.1 Å². The smallest absolute Gasteiger partial charge is 0.253 e. The first-order chi connectivity index (χ1) is 21.9. The molecule has 6 rings (SSSR count). The summed E-state index contributed by atoms with van der Waals surface area (Å²) in [5.74, 6) is 0.976. The van der Waals surface area contributed by atoms with Gasteiger partial charge in [-0.05, 0) is 91.4 Å². The lowest BCUT2D eigenvalue weighted by atomic mass is 9.94. The molecule has 5 aromatic rings. The van der Waals surface area contributed by atoms with Crippen LogP contribution < -0.4 is 5.32 Å². The number of halogens is 2. The van der Waals surface area contributed by atoms with Gasteiger partial charge in [0.25, 0.3) is 5.91 Å². The second kappa shape index (κ2) is 14.5. The fraction of sp³-hybridized carbons (Fsp3) is 0.306. The second-order valence-corrected chi connectivity index (χ2v) is 12.7. The average molecular weight is 642 g/mol. The van der Waals surface area contributed by atoms with Crippen molar-refractivity contribution in [1.82, 2.24) is 24.8 Å². The van der Waals surface area contributed by atoms with Crippen molar-refractivity contribution in [3.63, 3.8) is 0 Å². The lowest BCUT2D eigenvalue weighted by Crippen LogP contribution is -2.40. The van der Waals surface area contributed by atoms with Crippen molar-refractivity contribution in [3.8, 4) is 0 Å². The Labute approximate surface area is 274 Å².